The maximum absolute atomic E-state index is 12.6. The molecule has 0 fully saturated rings. The predicted octanol–water partition coefficient (Wildman–Crippen LogP) is 4.61. The van der Waals surface area contributed by atoms with E-state index in [0.29, 0.717) is 17.0 Å². The van der Waals surface area contributed by atoms with Gasteiger partial charge in [0.15, 0.2) is 5.82 Å². The van der Waals surface area contributed by atoms with Gasteiger partial charge in [-0.3, -0.25) is 4.79 Å². The quantitative estimate of drug-likeness (QED) is 0.522. The molecule has 2 aromatic heterocycles. The molecule has 0 unspecified atom stereocenters. The fourth-order valence-corrected chi connectivity index (χ4v) is 3.78. The number of thiophene rings is 1. The van der Waals surface area contributed by atoms with Gasteiger partial charge < -0.3 is 15.4 Å². The fourth-order valence-electron chi connectivity index (χ4n) is 2.83. The summed E-state index contributed by atoms with van der Waals surface area (Å²) in [6.07, 6.45) is 9.21. The molecule has 0 radical (unpaired) electrons. The van der Waals surface area contributed by atoms with Gasteiger partial charge in [-0.2, -0.15) is 0 Å². The first kappa shape index (κ1) is 20.1. The molecule has 0 saturated heterocycles. The Bertz CT molecular complexity index is 1130. The van der Waals surface area contributed by atoms with Gasteiger partial charge in [0.05, 0.1) is 5.69 Å². The highest BCUT2D eigenvalue weighted by Crippen LogP contribution is 2.36. The van der Waals surface area contributed by atoms with Gasteiger partial charge in [0, 0.05) is 16.6 Å². The number of nitrogens with zero attached hydrogens (tertiary/aromatic N) is 1. The fraction of sp³-hybridized carbons (Fsp3) is 0.136. The zero-order chi connectivity index (χ0) is 21.0. The number of carboxylic acid groups (broad SMARTS) is 1. The highest BCUT2D eigenvalue weighted by molar-refractivity contribution is 7.15. The van der Waals surface area contributed by atoms with Crippen LogP contribution in [0.2, 0.25) is 0 Å². The van der Waals surface area contributed by atoms with E-state index < -0.39 is 11.9 Å². The van der Waals surface area contributed by atoms with E-state index in [9.17, 15) is 14.7 Å². The first-order valence-corrected chi connectivity index (χ1v) is 9.77. The van der Waals surface area contributed by atoms with Crippen LogP contribution in [0, 0.1) is 19.3 Å². The van der Waals surface area contributed by atoms with Gasteiger partial charge in [-0.05, 0) is 36.6 Å². The molecule has 0 bridgehead atoms. The van der Waals surface area contributed by atoms with Gasteiger partial charge in [0.25, 0.3) is 5.91 Å². The second-order valence-corrected chi connectivity index (χ2v) is 7.14. The number of aromatic amines is 1. The SMILES string of the molecule is C#CC=Cc1nc(C(=O)Nc2scc(-c3ccc(CC)cc3)c2C(=O)O)[nH]c1C. The molecule has 1 aromatic carbocycles. The molecule has 0 atom stereocenters. The third-order valence-electron chi connectivity index (χ3n) is 4.38. The Balaban J connectivity index is 1.90. The van der Waals surface area contributed by atoms with Crippen molar-refractivity contribution in [3.63, 3.8) is 0 Å². The maximum Gasteiger partial charge on any atom is 0.339 e. The van der Waals surface area contributed by atoms with Crippen LogP contribution < -0.4 is 5.32 Å². The van der Waals surface area contributed by atoms with Crippen LogP contribution in [0.25, 0.3) is 17.2 Å². The van der Waals surface area contributed by atoms with Crippen molar-refractivity contribution in [1.82, 2.24) is 9.97 Å². The van der Waals surface area contributed by atoms with Gasteiger partial charge in [-0.1, -0.05) is 37.1 Å². The minimum atomic E-state index is -1.11. The number of aromatic carboxylic acids is 1. The smallest absolute Gasteiger partial charge is 0.339 e. The number of benzene rings is 1. The Hall–Kier alpha value is -3.63. The lowest BCUT2D eigenvalue weighted by molar-refractivity contribution is 0.0699. The van der Waals surface area contributed by atoms with Crippen molar-refractivity contribution in [1.29, 1.82) is 0 Å². The molecule has 29 heavy (non-hydrogen) atoms. The number of terminal acetylenes is 1. The Morgan fingerprint density at radius 1 is 1.34 bits per heavy atom. The van der Waals surface area contributed by atoms with E-state index in [-0.39, 0.29) is 16.4 Å². The molecule has 7 heteroatoms. The van der Waals surface area contributed by atoms with Gasteiger partial charge in [-0.15, -0.1) is 17.8 Å². The Morgan fingerprint density at radius 2 is 2.07 bits per heavy atom. The number of carbonyl (C=O) groups is 2. The molecule has 0 aliphatic heterocycles. The number of hydrogen-bond acceptors (Lipinski definition) is 4. The lowest BCUT2D eigenvalue weighted by atomic mass is 10.0. The molecule has 3 aromatic rings. The lowest BCUT2D eigenvalue weighted by Gasteiger charge is -2.05. The van der Waals surface area contributed by atoms with Crippen molar-refractivity contribution in [2.24, 2.45) is 0 Å². The highest BCUT2D eigenvalue weighted by atomic mass is 32.1. The van der Waals surface area contributed by atoms with Crippen molar-refractivity contribution in [2.45, 2.75) is 20.3 Å². The lowest BCUT2D eigenvalue weighted by Crippen LogP contribution is -2.15. The average Bonchev–Trinajstić information content (AvgIpc) is 3.30. The van der Waals surface area contributed by atoms with E-state index in [1.807, 2.05) is 24.3 Å². The number of amides is 1. The second-order valence-electron chi connectivity index (χ2n) is 6.26. The number of carbonyl (C=O) groups excluding carboxylic acids is 1. The Kier molecular flexibility index (Phi) is 5.96. The molecule has 3 N–H and O–H groups in total. The normalized spacial score (nSPS) is 10.8. The summed E-state index contributed by atoms with van der Waals surface area (Å²) in [5.74, 6) is 0.820. The van der Waals surface area contributed by atoms with Gasteiger partial charge in [-0.25, -0.2) is 9.78 Å². The number of anilines is 1. The van der Waals surface area contributed by atoms with Crippen LogP contribution in [0.1, 0.15) is 44.9 Å². The van der Waals surface area contributed by atoms with Crippen LogP contribution >= 0.6 is 11.3 Å². The summed E-state index contributed by atoms with van der Waals surface area (Å²) >= 11 is 1.16. The zero-order valence-corrected chi connectivity index (χ0v) is 16.8. The van der Waals surface area contributed by atoms with Crippen LogP contribution in [-0.2, 0) is 6.42 Å². The molecule has 0 aliphatic carbocycles. The molecule has 0 aliphatic rings. The zero-order valence-electron chi connectivity index (χ0n) is 15.9. The number of aryl methyl sites for hydroxylation is 2. The van der Waals surface area contributed by atoms with Crippen molar-refractivity contribution < 1.29 is 14.7 Å². The summed E-state index contributed by atoms with van der Waals surface area (Å²) < 4.78 is 0. The minimum absolute atomic E-state index is 0.0586. The summed E-state index contributed by atoms with van der Waals surface area (Å²) in [5.41, 5.74) is 3.80. The predicted molar refractivity (Wildman–Crippen MR) is 115 cm³/mol. The number of aromatic nitrogens is 2. The monoisotopic (exact) mass is 405 g/mol. The van der Waals surface area contributed by atoms with Crippen molar-refractivity contribution in [3.05, 3.63) is 64.1 Å². The van der Waals surface area contributed by atoms with E-state index in [1.165, 1.54) is 6.08 Å². The summed E-state index contributed by atoms with van der Waals surface area (Å²) in [6.45, 7) is 3.83. The molecule has 6 nitrogen and oxygen atoms in total. The van der Waals surface area contributed by atoms with Gasteiger partial charge >= 0.3 is 5.97 Å². The van der Waals surface area contributed by atoms with Crippen molar-refractivity contribution in [2.75, 3.05) is 5.32 Å². The number of hydrogen-bond donors (Lipinski definition) is 3. The summed E-state index contributed by atoms with van der Waals surface area (Å²) in [6, 6.07) is 7.71. The minimum Gasteiger partial charge on any atom is -0.478 e. The van der Waals surface area contributed by atoms with E-state index in [1.54, 1.807) is 18.4 Å². The Morgan fingerprint density at radius 3 is 2.69 bits per heavy atom. The highest BCUT2D eigenvalue weighted by Gasteiger charge is 2.22. The largest absolute Gasteiger partial charge is 0.478 e. The third-order valence-corrected chi connectivity index (χ3v) is 5.28. The number of rotatable bonds is 6. The second kappa shape index (κ2) is 8.59. The molecule has 2 heterocycles. The molecular weight excluding hydrogens is 386 g/mol. The number of imidazole rings is 1. The first-order valence-electron chi connectivity index (χ1n) is 8.89. The average molecular weight is 405 g/mol. The van der Waals surface area contributed by atoms with Gasteiger partial charge in [0.2, 0.25) is 0 Å². The van der Waals surface area contributed by atoms with E-state index in [0.717, 1.165) is 28.9 Å². The van der Waals surface area contributed by atoms with Crippen LogP contribution in [0.3, 0.4) is 0 Å². The number of nitrogens with one attached hydrogen (secondary N) is 2. The summed E-state index contributed by atoms with van der Waals surface area (Å²) in [4.78, 5) is 31.6. The number of H-pyrrole nitrogens is 1. The van der Waals surface area contributed by atoms with Crippen LogP contribution in [0.4, 0.5) is 5.00 Å². The maximum atomic E-state index is 12.6. The topological polar surface area (TPSA) is 95.1 Å². The summed E-state index contributed by atoms with van der Waals surface area (Å²) in [5, 5.41) is 14.4. The van der Waals surface area contributed by atoms with Crippen molar-refractivity contribution in [3.8, 4) is 23.5 Å². The van der Waals surface area contributed by atoms with Crippen molar-refractivity contribution >= 4 is 34.3 Å². The molecule has 0 spiro atoms. The van der Waals surface area contributed by atoms with E-state index in [2.05, 4.69) is 28.1 Å². The molecule has 1 amide bonds. The number of allylic oxidation sites excluding steroid dienone is 1. The molecule has 3 rings (SSSR count). The summed E-state index contributed by atoms with van der Waals surface area (Å²) in [7, 11) is 0. The molecule has 146 valence electrons. The Labute approximate surface area is 172 Å². The van der Waals surface area contributed by atoms with Crippen LogP contribution in [-0.4, -0.2) is 27.0 Å². The van der Waals surface area contributed by atoms with E-state index >= 15 is 0 Å². The molecule has 0 saturated carbocycles. The van der Waals surface area contributed by atoms with Gasteiger partial charge in [0.1, 0.15) is 10.6 Å². The number of carboxylic acids is 1. The van der Waals surface area contributed by atoms with E-state index in [4.69, 9.17) is 6.42 Å². The third kappa shape index (κ3) is 4.28. The standard InChI is InChI=1S/C22H19N3O3S/c1-4-6-7-17-13(3)23-19(24-17)20(26)25-21-18(22(27)28)16(12-29-21)15-10-8-14(5-2)9-11-15/h1,6-12H,5H2,2-3H3,(H,23,24)(H,25,26)(H,27,28). The molecular formula is C22H19N3O3S. The van der Waals surface area contributed by atoms with Crippen LogP contribution in [0.5, 0.6) is 0 Å². The van der Waals surface area contributed by atoms with Crippen LogP contribution in [0.15, 0.2) is 35.7 Å². The first-order chi connectivity index (χ1) is 13.9.